The summed E-state index contributed by atoms with van der Waals surface area (Å²) in [7, 11) is 0. The van der Waals surface area contributed by atoms with E-state index in [9.17, 15) is 26.7 Å². The Balaban J connectivity index is 2.20. The van der Waals surface area contributed by atoms with E-state index in [4.69, 9.17) is 9.52 Å². The molecule has 0 aliphatic rings. The Bertz CT molecular complexity index is 718. The number of hydrogen-bond acceptors (Lipinski definition) is 3. The van der Waals surface area contributed by atoms with Gasteiger partial charge >= 0.3 is 12.2 Å². The van der Waals surface area contributed by atoms with Crippen LogP contribution in [-0.4, -0.2) is 30.0 Å². The Morgan fingerprint density at radius 3 is 2.56 bits per heavy atom. The molecular formula is C15H13F5N2O3. The number of furan rings is 1. The first-order valence-corrected chi connectivity index (χ1v) is 6.96. The fourth-order valence-corrected chi connectivity index (χ4v) is 1.92. The van der Waals surface area contributed by atoms with Gasteiger partial charge in [-0.2, -0.15) is 13.2 Å². The molecule has 0 saturated heterocycles. The minimum Gasteiger partial charge on any atom is -0.467 e. The van der Waals surface area contributed by atoms with Gasteiger partial charge < -0.3 is 14.8 Å². The molecule has 0 radical (unpaired) electrons. The molecule has 25 heavy (non-hydrogen) atoms. The minimum absolute atomic E-state index is 0.218. The van der Waals surface area contributed by atoms with E-state index >= 15 is 0 Å². The van der Waals surface area contributed by atoms with E-state index in [1.165, 1.54) is 18.4 Å². The van der Waals surface area contributed by atoms with Crippen molar-refractivity contribution in [1.29, 1.82) is 0 Å². The number of nitrogens with zero attached hydrogens (tertiary/aromatic N) is 1. The van der Waals surface area contributed by atoms with Crippen LogP contribution in [0.4, 0.5) is 32.4 Å². The first-order valence-electron chi connectivity index (χ1n) is 6.96. The highest BCUT2D eigenvalue weighted by molar-refractivity contribution is 5.91. The summed E-state index contributed by atoms with van der Waals surface area (Å²) >= 11 is 0. The topological polar surface area (TPSA) is 65.7 Å². The number of urea groups is 1. The van der Waals surface area contributed by atoms with Gasteiger partial charge in [0.05, 0.1) is 25.0 Å². The number of aliphatic hydroxyl groups is 1. The maximum absolute atomic E-state index is 14.0. The number of alkyl halides is 3. The third kappa shape index (κ3) is 4.92. The van der Waals surface area contributed by atoms with E-state index in [0.29, 0.717) is 6.07 Å². The lowest BCUT2D eigenvalue weighted by atomic mass is 10.2. The van der Waals surface area contributed by atoms with Crippen molar-refractivity contribution in [3.8, 4) is 0 Å². The molecule has 1 aromatic heterocycles. The molecule has 2 aromatic rings. The minimum atomic E-state index is -4.92. The van der Waals surface area contributed by atoms with Crippen LogP contribution in [0.2, 0.25) is 0 Å². The number of carbonyl (C=O) groups excluding carboxylic acids is 1. The molecule has 136 valence electrons. The summed E-state index contributed by atoms with van der Waals surface area (Å²) in [4.78, 5) is 12.9. The number of carbonyl (C=O) groups is 1. The SMILES string of the molecule is O=C(NCC(O)C(F)(F)F)N(Cc1ccco1)c1ccc(F)cc1F. The van der Waals surface area contributed by atoms with Crippen molar-refractivity contribution < 1.29 is 36.3 Å². The highest BCUT2D eigenvalue weighted by Gasteiger charge is 2.38. The lowest BCUT2D eigenvalue weighted by molar-refractivity contribution is -0.201. The van der Waals surface area contributed by atoms with Gasteiger partial charge in [0.1, 0.15) is 17.4 Å². The fraction of sp³-hybridized carbons (Fsp3) is 0.267. The van der Waals surface area contributed by atoms with E-state index in [0.717, 1.165) is 17.0 Å². The van der Waals surface area contributed by atoms with Crippen molar-refractivity contribution in [2.75, 3.05) is 11.4 Å². The normalized spacial score (nSPS) is 12.7. The van der Waals surface area contributed by atoms with Crippen LogP contribution in [0.15, 0.2) is 41.0 Å². The maximum Gasteiger partial charge on any atom is 0.416 e. The van der Waals surface area contributed by atoms with Gasteiger partial charge in [0.15, 0.2) is 6.10 Å². The Kier molecular flexibility index (Phi) is 5.62. The third-order valence-electron chi connectivity index (χ3n) is 3.16. The average Bonchev–Trinajstić information content (AvgIpc) is 3.02. The standard InChI is InChI=1S/C15H13F5N2O3/c16-9-3-4-12(11(17)6-9)22(8-10-2-1-5-25-10)14(24)21-7-13(23)15(18,19)20/h1-6,13,23H,7-8H2,(H,21,24). The first kappa shape index (κ1) is 18.7. The number of hydrogen-bond donors (Lipinski definition) is 2. The zero-order chi connectivity index (χ0) is 18.6. The quantitative estimate of drug-likeness (QED) is 0.801. The van der Waals surface area contributed by atoms with Gasteiger partial charge in [-0.15, -0.1) is 0 Å². The number of rotatable bonds is 5. The molecule has 0 fully saturated rings. The highest BCUT2D eigenvalue weighted by atomic mass is 19.4. The van der Waals surface area contributed by atoms with Crippen LogP contribution in [0, 0.1) is 11.6 Å². The van der Waals surface area contributed by atoms with Crippen LogP contribution < -0.4 is 10.2 Å². The molecule has 0 aliphatic carbocycles. The Labute approximate surface area is 138 Å². The number of amides is 2. The van der Waals surface area contributed by atoms with E-state index in [-0.39, 0.29) is 18.0 Å². The van der Waals surface area contributed by atoms with Crippen LogP contribution in [0.25, 0.3) is 0 Å². The number of anilines is 1. The molecule has 10 heteroatoms. The molecule has 0 aliphatic heterocycles. The fourth-order valence-electron chi connectivity index (χ4n) is 1.92. The number of aliphatic hydroxyl groups excluding tert-OH is 1. The van der Waals surface area contributed by atoms with Gasteiger partial charge in [-0.1, -0.05) is 0 Å². The number of benzene rings is 1. The predicted octanol–water partition coefficient (Wildman–Crippen LogP) is 3.20. The molecule has 2 rings (SSSR count). The average molecular weight is 364 g/mol. The van der Waals surface area contributed by atoms with Crippen molar-refractivity contribution >= 4 is 11.7 Å². The molecule has 1 atom stereocenters. The third-order valence-corrected chi connectivity index (χ3v) is 3.16. The molecular weight excluding hydrogens is 351 g/mol. The summed E-state index contributed by atoms with van der Waals surface area (Å²) in [6, 6.07) is 4.23. The molecule has 0 spiro atoms. The number of nitrogens with one attached hydrogen (secondary N) is 1. The van der Waals surface area contributed by atoms with Crippen molar-refractivity contribution in [1.82, 2.24) is 5.32 Å². The Morgan fingerprint density at radius 1 is 1.28 bits per heavy atom. The monoisotopic (exact) mass is 364 g/mol. The van der Waals surface area contributed by atoms with Crippen LogP contribution in [0.3, 0.4) is 0 Å². The van der Waals surface area contributed by atoms with Crippen molar-refractivity contribution in [3.63, 3.8) is 0 Å². The second-order valence-corrected chi connectivity index (χ2v) is 5.00. The zero-order valence-corrected chi connectivity index (χ0v) is 12.6. The molecule has 0 saturated carbocycles. The Hall–Kier alpha value is -2.62. The zero-order valence-electron chi connectivity index (χ0n) is 12.6. The van der Waals surface area contributed by atoms with E-state index in [1.807, 2.05) is 5.32 Å². The van der Waals surface area contributed by atoms with Crippen LogP contribution in [0.5, 0.6) is 0 Å². The van der Waals surface area contributed by atoms with E-state index < -0.39 is 36.5 Å². The smallest absolute Gasteiger partial charge is 0.416 e. The Morgan fingerprint density at radius 2 is 2.00 bits per heavy atom. The van der Waals surface area contributed by atoms with Gasteiger partial charge in [0, 0.05) is 6.07 Å². The van der Waals surface area contributed by atoms with Gasteiger partial charge in [-0.25, -0.2) is 13.6 Å². The lowest BCUT2D eigenvalue weighted by Gasteiger charge is -2.24. The summed E-state index contributed by atoms with van der Waals surface area (Å²) in [5.41, 5.74) is -0.364. The summed E-state index contributed by atoms with van der Waals surface area (Å²) in [6.45, 7) is -1.44. The maximum atomic E-state index is 14.0. The molecule has 1 heterocycles. The molecule has 2 N–H and O–H groups in total. The summed E-state index contributed by atoms with van der Waals surface area (Å²) < 4.78 is 68.9. The molecule has 1 unspecified atom stereocenters. The molecule has 2 amide bonds. The second-order valence-electron chi connectivity index (χ2n) is 5.00. The predicted molar refractivity (Wildman–Crippen MR) is 76.7 cm³/mol. The second kappa shape index (κ2) is 7.51. The molecule has 5 nitrogen and oxygen atoms in total. The lowest BCUT2D eigenvalue weighted by Crippen LogP contribution is -2.46. The van der Waals surface area contributed by atoms with Crippen molar-refractivity contribution in [3.05, 3.63) is 54.0 Å². The van der Waals surface area contributed by atoms with E-state index in [1.54, 1.807) is 0 Å². The van der Waals surface area contributed by atoms with Crippen LogP contribution in [0.1, 0.15) is 5.76 Å². The van der Waals surface area contributed by atoms with Gasteiger partial charge in [0.25, 0.3) is 0 Å². The van der Waals surface area contributed by atoms with Gasteiger partial charge in [0.2, 0.25) is 0 Å². The summed E-state index contributed by atoms with van der Waals surface area (Å²) in [5, 5.41) is 10.8. The van der Waals surface area contributed by atoms with Crippen LogP contribution in [-0.2, 0) is 6.54 Å². The van der Waals surface area contributed by atoms with Gasteiger partial charge in [-0.3, -0.25) is 4.90 Å². The van der Waals surface area contributed by atoms with E-state index in [2.05, 4.69) is 0 Å². The summed E-state index contributed by atoms with van der Waals surface area (Å²) in [6.07, 6.45) is -6.40. The largest absolute Gasteiger partial charge is 0.467 e. The highest BCUT2D eigenvalue weighted by Crippen LogP contribution is 2.23. The molecule has 0 bridgehead atoms. The molecule has 1 aromatic carbocycles. The number of halogens is 5. The van der Waals surface area contributed by atoms with Crippen LogP contribution >= 0.6 is 0 Å². The van der Waals surface area contributed by atoms with Gasteiger partial charge in [-0.05, 0) is 24.3 Å². The van der Waals surface area contributed by atoms with Crippen molar-refractivity contribution in [2.24, 2.45) is 0 Å². The summed E-state index contributed by atoms with van der Waals surface area (Å²) in [5.74, 6) is -1.75. The van der Waals surface area contributed by atoms with Crippen molar-refractivity contribution in [2.45, 2.75) is 18.8 Å². The first-order chi connectivity index (χ1) is 11.7.